The van der Waals surface area contributed by atoms with E-state index in [2.05, 4.69) is 16.4 Å². The molecule has 0 unspecified atom stereocenters. The van der Waals surface area contributed by atoms with E-state index in [1.54, 1.807) is 11.8 Å². The van der Waals surface area contributed by atoms with E-state index in [1.165, 1.54) is 16.0 Å². The van der Waals surface area contributed by atoms with Crippen LogP contribution in [-0.2, 0) is 0 Å². The molecule has 0 atom stereocenters. The Balaban J connectivity index is 2.37. The Morgan fingerprint density at radius 2 is 2.14 bits per heavy atom. The quantitative estimate of drug-likeness (QED) is 0.706. The number of aromatic nitrogens is 1. The fourth-order valence-electron chi connectivity index (χ4n) is 1.59. The number of anilines is 1. The summed E-state index contributed by atoms with van der Waals surface area (Å²) >= 11 is 1.70. The average molecular weight is 200 g/mol. The zero-order valence-corrected chi connectivity index (χ0v) is 8.21. The predicted octanol–water partition coefficient (Wildman–Crippen LogP) is 3.22. The van der Waals surface area contributed by atoms with Gasteiger partial charge >= 0.3 is 0 Å². The molecule has 0 amide bonds. The highest BCUT2D eigenvalue weighted by molar-refractivity contribution is 8.02. The van der Waals surface area contributed by atoms with Gasteiger partial charge in [-0.1, -0.05) is 30.0 Å². The van der Waals surface area contributed by atoms with E-state index < -0.39 is 0 Å². The van der Waals surface area contributed by atoms with E-state index >= 15 is 0 Å². The smallest absolute Gasteiger partial charge is 0.0723 e. The fourth-order valence-corrected chi connectivity index (χ4v) is 2.27. The van der Waals surface area contributed by atoms with Crippen molar-refractivity contribution in [3.63, 3.8) is 0 Å². The number of thioether (sulfide) groups is 1. The average Bonchev–Trinajstić information content (AvgIpc) is 2.29. The van der Waals surface area contributed by atoms with Crippen LogP contribution in [0.15, 0.2) is 47.0 Å². The summed E-state index contributed by atoms with van der Waals surface area (Å²) in [4.78, 5) is 5.59. The summed E-state index contributed by atoms with van der Waals surface area (Å²) in [5.74, 6) is 0. The van der Waals surface area contributed by atoms with Crippen molar-refractivity contribution in [3.8, 4) is 0 Å². The Morgan fingerprint density at radius 1 is 1.21 bits per heavy atom. The monoisotopic (exact) mass is 200 g/mol. The summed E-state index contributed by atoms with van der Waals surface area (Å²) in [6.45, 7) is 0. The Kier molecular flexibility index (Phi) is 1.70. The largest absolute Gasteiger partial charge is 0.360 e. The first kappa shape index (κ1) is 7.88. The van der Waals surface area contributed by atoms with E-state index in [-0.39, 0.29) is 0 Å². The summed E-state index contributed by atoms with van der Waals surface area (Å²) in [6.07, 6.45) is 3.87. The summed E-state index contributed by atoms with van der Waals surface area (Å²) < 4.78 is 0. The SMILES string of the molecule is C1=CSc2cnc3ccccc3c2N1. The van der Waals surface area contributed by atoms with Crippen LogP contribution in [0.3, 0.4) is 0 Å². The Hall–Kier alpha value is -1.48. The van der Waals surface area contributed by atoms with Gasteiger partial charge < -0.3 is 5.32 Å². The van der Waals surface area contributed by atoms with Crippen LogP contribution in [0.1, 0.15) is 0 Å². The van der Waals surface area contributed by atoms with Gasteiger partial charge in [-0.15, -0.1) is 0 Å². The molecule has 2 aromatic rings. The number of benzene rings is 1. The van der Waals surface area contributed by atoms with E-state index in [4.69, 9.17) is 0 Å². The number of nitrogens with one attached hydrogen (secondary N) is 1. The van der Waals surface area contributed by atoms with Crippen molar-refractivity contribution in [3.05, 3.63) is 42.1 Å². The summed E-state index contributed by atoms with van der Waals surface area (Å²) in [5.41, 5.74) is 2.21. The first-order valence-electron chi connectivity index (χ1n) is 4.41. The summed E-state index contributed by atoms with van der Waals surface area (Å²) in [6, 6.07) is 8.16. The number of hydrogen-bond acceptors (Lipinski definition) is 3. The van der Waals surface area contributed by atoms with Crippen molar-refractivity contribution in [2.75, 3.05) is 5.32 Å². The number of nitrogens with zero attached hydrogens (tertiary/aromatic N) is 1. The fraction of sp³-hybridized carbons (Fsp3) is 0. The van der Waals surface area contributed by atoms with Gasteiger partial charge in [0.05, 0.1) is 16.1 Å². The summed E-state index contributed by atoms with van der Waals surface area (Å²) in [5, 5.41) is 6.47. The van der Waals surface area contributed by atoms with E-state index in [9.17, 15) is 0 Å². The lowest BCUT2D eigenvalue weighted by molar-refractivity contribution is 1.29. The van der Waals surface area contributed by atoms with Crippen LogP contribution in [0.2, 0.25) is 0 Å². The maximum Gasteiger partial charge on any atom is 0.0723 e. The molecule has 3 rings (SSSR count). The Labute approximate surface area is 86.0 Å². The molecule has 3 heteroatoms. The van der Waals surface area contributed by atoms with Gasteiger partial charge in [-0.3, -0.25) is 4.98 Å². The van der Waals surface area contributed by atoms with Crippen molar-refractivity contribution < 1.29 is 0 Å². The molecule has 0 saturated carbocycles. The van der Waals surface area contributed by atoms with Crippen molar-refractivity contribution in [1.82, 2.24) is 4.98 Å². The number of para-hydroxylation sites is 1. The first-order chi connectivity index (χ1) is 6.95. The molecule has 0 spiro atoms. The van der Waals surface area contributed by atoms with E-state index in [0.717, 1.165) is 5.52 Å². The van der Waals surface area contributed by atoms with Crippen LogP contribution in [0.5, 0.6) is 0 Å². The highest BCUT2D eigenvalue weighted by atomic mass is 32.2. The second-order valence-corrected chi connectivity index (χ2v) is 4.03. The number of rotatable bonds is 0. The van der Waals surface area contributed by atoms with Crippen LogP contribution in [0, 0.1) is 0 Å². The lowest BCUT2D eigenvalue weighted by Gasteiger charge is -2.13. The van der Waals surface area contributed by atoms with Crippen molar-refractivity contribution in [2.24, 2.45) is 0 Å². The highest BCUT2D eigenvalue weighted by Crippen LogP contribution is 2.35. The van der Waals surface area contributed by atoms with Crippen LogP contribution in [0.4, 0.5) is 5.69 Å². The van der Waals surface area contributed by atoms with E-state index in [1.807, 2.05) is 36.0 Å². The van der Waals surface area contributed by atoms with Gasteiger partial charge in [-0.2, -0.15) is 0 Å². The van der Waals surface area contributed by atoms with Crippen molar-refractivity contribution in [1.29, 1.82) is 0 Å². The third kappa shape index (κ3) is 1.09. The molecule has 14 heavy (non-hydrogen) atoms. The second kappa shape index (κ2) is 3.03. The predicted molar refractivity (Wildman–Crippen MR) is 60.4 cm³/mol. The molecule has 1 aliphatic rings. The molecule has 1 N–H and O–H groups in total. The first-order valence-corrected chi connectivity index (χ1v) is 5.29. The molecule has 0 saturated heterocycles. The van der Waals surface area contributed by atoms with Gasteiger partial charge in [0, 0.05) is 17.8 Å². The second-order valence-electron chi connectivity index (χ2n) is 3.08. The molecule has 1 aliphatic heterocycles. The van der Waals surface area contributed by atoms with Crippen LogP contribution >= 0.6 is 11.8 Å². The van der Waals surface area contributed by atoms with Gasteiger partial charge in [-0.05, 0) is 11.5 Å². The molecule has 2 nitrogen and oxygen atoms in total. The van der Waals surface area contributed by atoms with Gasteiger partial charge in [0.25, 0.3) is 0 Å². The Morgan fingerprint density at radius 3 is 3.14 bits per heavy atom. The number of fused-ring (bicyclic) bond motifs is 3. The van der Waals surface area contributed by atoms with Gasteiger partial charge in [0.15, 0.2) is 0 Å². The maximum atomic E-state index is 4.40. The molecule has 0 bridgehead atoms. The van der Waals surface area contributed by atoms with Gasteiger partial charge in [0.2, 0.25) is 0 Å². The van der Waals surface area contributed by atoms with Crippen molar-refractivity contribution in [2.45, 2.75) is 4.90 Å². The summed E-state index contributed by atoms with van der Waals surface area (Å²) in [7, 11) is 0. The zero-order valence-electron chi connectivity index (χ0n) is 7.40. The highest BCUT2D eigenvalue weighted by Gasteiger charge is 2.09. The van der Waals surface area contributed by atoms with Crippen molar-refractivity contribution >= 4 is 28.4 Å². The maximum absolute atomic E-state index is 4.40. The normalized spacial score (nSPS) is 13.7. The molecule has 1 aromatic heterocycles. The molecule has 0 radical (unpaired) electrons. The van der Waals surface area contributed by atoms with E-state index in [0.29, 0.717) is 0 Å². The minimum atomic E-state index is 1.04. The van der Waals surface area contributed by atoms with Crippen LogP contribution in [0.25, 0.3) is 10.9 Å². The number of pyridine rings is 1. The molecule has 1 aromatic carbocycles. The molecule has 0 fully saturated rings. The zero-order chi connectivity index (χ0) is 9.38. The third-order valence-electron chi connectivity index (χ3n) is 2.23. The molecule has 68 valence electrons. The molecule has 2 heterocycles. The molecular formula is C11H8N2S. The lowest BCUT2D eigenvalue weighted by Crippen LogP contribution is -1.96. The van der Waals surface area contributed by atoms with Gasteiger partial charge in [-0.25, -0.2) is 0 Å². The number of hydrogen-bond donors (Lipinski definition) is 1. The lowest BCUT2D eigenvalue weighted by atomic mass is 10.2. The minimum absolute atomic E-state index is 1.04. The standard InChI is InChI=1S/C11H8N2S/c1-2-4-9-8(3-1)11-10(7-13-9)14-6-5-12-11/h1-7,12H. The molecular weight excluding hydrogens is 192 g/mol. The Bertz CT molecular complexity index is 520. The molecule has 0 aliphatic carbocycles. The minimum Gasteiger partial charge on any atom is -0.360 e. The van der Waals surface area contributed by atoms with Crippen LogP contribution < -0.4 is 5.32 Å². The van der Waals surface area contributed by atoms with Crippen LogP contribution in [-0.4, -0.2) is 4.98 Å². The van der Waals surface area contributed by atoms with Gasteiger partial charge in [0.1, 0.15) is 0 Å². The third-order valence-corrected chi connectivity index (χ3v) is 3.07. The topological polar surface area (TPSA) is 24.9 Å².